The number of aromatic nitrogens is 1. The normalized spacial score (nSPS) is 25.0. The predicted octanol–water partition coefficient (Wildman–Crippen LogP) is 6.23. The third-order valence-electron chi connectivity index (χ3n) is 5.89. The van der Waals surface area contributed by atoms with Crippen molar-refractivity contribution in [2.45, 2.75) is 32.2 Å². The van der Waals surface area contributed by atoms with Crippen LogP contribution in [0, 0.1) is 12.8 Å². The van der Waals surface area contributed by atoms with Crippen molar-refractivity contribution in [3.63, 3.8) is 0 Å². The van der Waals surface area contributed by atoms with E-state index >= 15 is 0 Å². The van der Waals surface area contributed by atoms with Crippen LogP contribution in [0.4, 0.5) is 0 Å². The number of dihydropyridines is 1. The molecule has 0 N–H and O–H groups in total. The van der Waals surface area contributed by atoms with Gasteiger partial charge in [0.05, 0.1) is 5.69 Å². The van der Waals surface area contributed by atoms with Crippen molar-refractivity contribution >= 4 is 17.4 Å². The highest BCUT2D eigenvalue weighted by atomic mass is 14.9. The fraction of sp³-hybridized carbons (Fsp3) is 0.231. The average molecular weight is 364 g/mol. The summed E-state index contributed by atoms with van der Waals surface area (Å²) in [6.45, 7) is 4.20. The van der Waals surface area contributed by atoms with Gasteiger partial charge >= 0.3 is 0 Å². The Morgan fingerprint density at radius 2 is 1.86 bits per heavy atom. The molecular weight excluding hydrogens is 340 g/mol. The minimum atomic E-state index is 0.0574. The molecule has 0 saturated heterocycles. The summed E-state index contributed by atoms with van der Waals surface area (Å²) in [4.78, 5) is 10.0. The molecule has 0 spiro atoms. The molecule has 5 rings (SSSR count). The number of hydrogen-bond acceptors (Lipinski definition) is 2. The number of rotatable bonds is 2. The highest BCUT2D eigenvalue weighted by Gasteiger charge is 2.34. The summed E-state index contributed by atoms with van der Waals surface area (Å²) in [7, 11) is 0. The second-order valence-corrected chi connectivity index (χ2v) is 7.87. The van der Waals surface area contributed by atoms with Gasteiger partial charge in [-0.3, -0.25) is 9.98 Å². The number of hydrogen-bond donors (Lipinski definition) is 0. The highest BCUT2D eigenvalue weighted by Crippen LogP contribution is 2.46. The smallest absolute Gasteiger partial charge is 0.103 e. The van der Waals surface area contributed by atoms with E-state index in [9.17, 15) is 0 Å². The van der Waals surface area contributed by atoms with E-state index in [1.807, 2.05) is 0 Å². The van der Waals surface area contributed by atoms with E-state index in [0.29, 0.717) is 5.92 Å². The third kappa shape index (κ3) is 2.90. The zero-order chi connectivity index (χ0) is 19.1. The van der Waals surface area contributed by atoms with Gasteiger partial charge in [-0.2, -0.15) is 0 Å². The van der Waals surface area contributed by atoms with Crippen LogP contribution in [-0.4, -0.2) is 10.7 Å². The molecule has 0 fully saturated rings. The lowest BCUT2D eigenvalue weighted by Crippen LogP contribution is -2.23. The summed E-state index contributed by atoms with van der Waals surface area (Å²) in [6, 6.07) is 13.0. The van der Waals surface area contributed by atoms with Crippen molar-refractivity contribution in [2.75, 3.05) is 0 Å². The number of aliphatic imine (C=N–C) groups is 1. The molecule has 3 aliphatic rings. The van der Waals surface area contributed by atoms with E-state index in [1.54, 1.807) is 0 Å². The highest BCUT2D eigenvalue weighted by molar-refractivity contribution is 6.02. The standard InChI is InChI=1S/C26H24N2/c1-17-15-23(19-9-5-3-6-10-19)21-13-14-22-24(20-11-7-4-8-12-20)16-18(2)28-26(22)25(21)27-17/h3-11,13-16,20-21,25H,12H2,1-2H3. The van der Waals surface area contributed by atoms with Crippen LogP contribution in [0.25, 0.3) is 11.6 Å². The molecule has 28 heavy (non-hydrogen) atoms. The maximum atomic E-state index is 5.04. The maximum Gasteiger partial charge on any atom is 0.103 e. The Bertz CT molecular complexity index is 1070. The number of fused-ring (bicyclic) bond motifs is 3. The number of aryl methyl sites for hydroxylation is 1. The first-order valence-electron chi connectivity index (χ1n) is 10.0. The van der Waals surface area contributed by atoms with Crippen molar-refractivity contribution < 1.29 is 0 Å². The van der Waals surface area contributed by atoms with Gasteiger partial charge in [-0.15, -0.1) is 0 Å². The number of benzene rings is 1. The second kappa shape index (κ2) is 6.87. The second-order valence-electron chi connectivity index (χ2n) is 7.87. The van der Waals surface area contributed by atoms with Crippen LogP contribution in [0.1, 0.15) is 53.4 Å². The molecule has 1 aliphatic heterocycles. The van der Waals surface area contributed by atoms with Crippen LogP contribution in [-0.2, 0) is 0 Å². The molecule has 2 aliphatic carbocycles. The number of allylic oxidation sites excluding steroid dienone is 5. The summed E-state index contributed by atoms with van der Waals surface area (Å²) < 4.78 is 0. The van der Waals surface area contributed by atoms with Gasteiger partial charge in [-0.05, 0) is 49.1 Å². The van der Waals surface area contributed by atoms with Crippen LogP contribution < -0.4 is 0 Å². The van der Waals surface area contributed by atoms with Crippen LogP contribution in [0.3, 0.4) is 0 Å². The van der Waals surface area contributed by atoms with Gasteiger partial charge in [-0.1, -0.05) is 66.8 Å². The van der Waals surface area contributed by atoms with Crippen LogP contribution in [0.2, 0.25) is 0 Å². The summed E-state index contributed by atoms with van der Waals surface area (Å²) in [5.41, 5.74) is 8.54. The van der Waals surface area contributed by atoms with E-state index in [2.05, 4.69) is 92.8 Å². The van der Waals surface area contributed by atoms with Gasteiger partial charge in [0.2, 0.25) is 0 Å². The molecular formula is C26H24N2. The predicted molar refractivity (Wildman–Crippen MR) is 117 cm³/mol. The van der Waals surface area contributed by atoms with Crippen molar-refractivity contribution in [3.05, 3.63) is 101 Å². The van der Waals surface area contributed by atoms with Gasteiger partial charge in [0.25, 0.3) is 0 Å². The van der Waals surface area contributed by atoms with Crippen molar-refractivity contribution in [2.24, 2.45) is 10.9 Å². The van der Waals surface area contributed by atoms with Gasteiger partial charge in [0.15, 0.2) is 0 Å². The molecule has 2 heterocycles. The zero-order valence-corrected chi connectivity index (χ0v) is 16.3. The molecule has 1 aromatic carbocycles. The van der Waals surface area contributed by atoms with Crippen LogP contribution in [0.15, 0.2) is 77.8 Å². The largest absolute Gasteiger partial charge is 0.279 e. The van der Waals surface area contributed by atoms with Crippen molar-refractivity contribution in [1.29, 1.82) is 0 Å². The molecule has 0 bridgehead atoms. The summed E-state index contributed by atoms with van der Waals surface area (Å²) in [5.74, 6) is 0.655. The molecule has 3 unspecified atom stereocenters. The van der Waals surface area contributed by atoms with Crippen LogP contribution in [0.5, 0.6) is 0 Å². The number of nitrogens with zero attached hydrogens (tertiary/aromatic N) is 2. The summed E-state index contributed by atoms with van der Waals surface area (Å²) >= 11 is 0. The quantitative estimate of drug-likeness (QED) is 0.620. The minimum absolute atomic E-state index is 0.0574. The van der Waals surface area contributed by atoms with Crippen molar-refractivity contribution in [1.82, 2.24) is 4.98 Å². The summed E-state index contributed by atoms with van der Waals surface area (Å²) in [5, 5.41) is 0. The SMILES string of the molecule is CC1=NC2c3nc(C)cc(C4C=CC=CC4)c3C=CC2C(c2ccccc2)=C1. The Balaban J connectivity index is 1.63. The molecule has 138 valence electrons. The topological polar surface area (TPSA) is 25.2 Å². The first-order valence-corrected chi connectivity index (χ1v) is 10.0. The van der Waals surface area contributed by atoms with E-state index in [1.165, 1.54) is 22.3 Å². The van der Waals surface area contributed by atoms with E-state index < -0.39 is 0 Å². The Morgan fingerprint density at radius 1 is 1.00 bits per heavy atom. The van der Waals surface area contributed by atoms with E-state index in [-0.39, 0.29) is 12.0 Å². The molecule has 3 atom stereocenters. The first-order chi connectivity index (χ1) is 13.7. The van der Waals surface area contributed by atoms with Crippen molar-refractivity contribution in [3.8, 4) is 0 Å². The Labute approximate surface area is 166 Å². The lowest BCUT2D eigenvalue weighted by molar-refractivity contribution is 0.599. The molecule has 0 amide bonds. The van der Waals surface area contributed by atoms with Gasteiger partial charge < -0.3 is 0 Å². The van der Waals surface area contributed by atoms with Gasteiger partial charge in [0, 0.05) is 28.8 Å². The number of pyridine rings is 1. The Hall–Kier alpha value is -3.00. The molecule has 1 aromatic heterocycles. The molecule has 0 radical (unpaired) electrons. The van der Waals surface area contributed by atoms with E-state index in [4.69, 9.17) is 9.98 Å². The Morgan fingerprint density at radius 3 is 2.64 bits per heavy atom. The molecule has 0 saturated carbocycles. The lowest BCUT2D eigenvalue weighted by Gasteiger charge is -2.33. The van der Waals surface area contributed by atoms with Gasteiger partial charge in [-0.25, -0.2) is 0 Å². The Kier molecular flexibility index (Phi) is 4.20. The van der Waals surface area contributed by atoms with Gasteiger partial charge in [0.1, 0.15) is 6.04 Å². The molecule has 2 heteroatoms. The maximum absolute atomic E-state index is 5.04. The molecule has 2 nitrogen and oxygen atoms in total. The monoisotopic (exact) mass is 364 g/mol. The van der Waals surface area contributed by atoms with Crippen LogP contribution >= 0.6 is 0 Å². The summed E-state index contributed by atoms with van der Waals surface area (Å²) in [6.07, 6.45) is 16.8. The fourth-order valence-electron chi connectivity index (χ4n) is 4.63. The third-order valence-corrected chi connectivity index (χ3v) is 5.89. The minimum Gasteiger partial charge on any atom is -0.279 e. The fourth-order valence-corrected chi connectivity index (χ4v) is 4.63. The zero-order valence-electron chi connectivity index (χ0n) is 16.3. The van der Waals surface area contributed by atoms with E-state index in [0.717, 1.165) is 23.5 Å². The average Bonchev–Trinajstić information content (AvgIpc) is 2.74. The molecule has 2 aromatic rings. The lowest BCUT2D eigenvalue weighted by atomic mass is 9.76. The first kappa shape index (κ1) is 17.1.